The van der Waals surface area contributed by atoms with Crippen LogP contribution in [0.1, 0.15) is 48.0 Å². The van der Waals surface area contributed by atoms with E-state index in [4.69, 9.17) is 12.6 Å². The van der Waals surface area contributed by atoms with Crippen LogP contribution in [0.4, 0.5) is 0 Å². The van der Waals surface area contributed by atoms with E-state index in [-0.39, 0.29) is 15.6 Å². The molecule has 0 aliphatic heterocycles. The molecule has 1 atom stereocenters. The van der Waals surface area contributed by atoms with Gasteiger partial charge in [0.2, 0.25) is 0 Å². The highest BCUT2D eigenvalue weighted by atomic mass is 32.1. The Morgan fingerprint density at radius 3 is 1.84 bits per heavy atom. The van der Waals surface area contributed by atoms with Crippen LogP contribution in [0.15, 0.2) is 49.1 Å². The van der Waals surface area contributed by atoms with Gasteiger partial charge in [-0.2, -0.15) is 12.6 Å². The van der Waals surface area contributed by atoms with Gasteiger partial charge in [0.15, 0.2) is 0 Å². The zero-order valence-corrected chi connectivity index (χ0v) is 14.3. The minimum atomic E-state index is -0.209. The van der Waals surface area contributed by atoms with Gasteiger partial charge in [0.1, 0.15) is 0 Å². The number of hydrogen-bond acceptors (Lipinski definition) is 1. The van der Waals surface area contributed by atoms with E-state index in [2.05, 4.69) is 66.9 Å². The lowest BCUT2D eigenvalue weighted by Crippen LogP contribution is -2.42. The van der Waals surface area contributed by atoms with E-state index in [1.807, 2.05) is 12.2 Å². The molecule has 19 heavy (non-hydrogen) atoms. The first-order chi connectivity index (χ1) is 8.48. The van der Waals surface area contributed by atoms with Crippen molar-refractivity contribution in [1.82, 2.24) is 0 Å². The van der Waals surface area contributed by atoms with E-state index in [0.717, 1.165) is 6.42 Å². The van der Waals surface area contributed by atoms with Crippen LogP contribution in [0.2, 0.25) is 0 Å². The highest BCUT2D eigenvalue weighted by molar-refractivity contribution is 7.82. The van der Waals surface area contributed by atoms with Gasteiger partial charge in [-0.25, -0.2) is 0 Å². The molecule has 0 aromatic heterocycles. The standard InChI is InChI=1S/C18H30S/c1-9-11-13-15(12-10-2)18(19,17(6,7)8)14-16(3,4)5/h9-13,19H,1-2,14H2,3-8H3/b13-11-,15-12+. The van der Waals surface area contributed by atoms with E-state index in [9.17, 15) is 0 Å². The van der Waals surface area contributed by atoms with Crippen LogP contribution in [0.3, 0.4) is 0 Å². The second-order valence-corrected chi connectivity index (χ2v) is 8.06. The summed E-state index contributed by atoms with van der Waals surface area (Å²) in [6.45, 7) is 21.1. The Hall–Kier alpha value is -0.690. The largest absolute Gasteiger partial charge is 0.167 e. The molecule has 0 nitrogen and oxygen atoms in total. The van der Waals surface area contributed by atoms with Gasteiger partial charge < -0.3 is 0 Å². The summed E-state index contributed by atoms with van der Waals surface area (Å²) in [5.41, 5.74) is 1.44. The van der Waals surface area contributed by atoms with Crippen LogP contribution in [0.5, 0.6) is 0 Å². The lowest BCUT2D eigenvalue weighted by atomic mass is 9.67. The molecule has 0 amide bonds. The third-order valence-corrected chi connectivity index (χ3v) is 4.30. The molecular weight excluding hydrogens is 248 g/mol. The minimum absolute atomic E-state index is 0.0454. The fourth-order valence-electron chi connectivity index (χ4n) is 2.20. The van der Waals surface area contributed by atoms with E-state index in [0.29, 0.717) is 0 Å². The number of hydrogen-bond donors (Lipinski definition) is 1. The Balaban J connectivity index is 5.81. The van der Waals surface area contributed by atoms with Gasteiger partial charge in [-0.1, -0.05) is 85.1 Å². The Labute approximate surface area is 125 Å². The Kier molecular flexibility index (Phi) is 6.41. The SMILES string of the molecule is C=C/C=C\C(=C/C=C)C(S)(CC(C)(C)C)C(C)(C)C. The maximum atomic E-state index is 5.09. The molecule has 0 radical (unpaired) electrons. The van der Waals surface area contributed by atoms with Gasteiger partial charge in [0.05, 0.1) is 0 Å². The minimum Gasteiger partial charge on any atom is -0.167 e. The number of thiol groups is 1. The molecule has 0 aromatic rings. The highest BCUT2D eigenvalue weighted by Crippen LogP contribution is 2.49. The van der Waals surface area contributed by atoms with Crippen molar-refractivity contribution in [1.29, 1.82) is 0 Å². The maximum Gasteiger partial charge on any atom is 0.0431 e. The summed E-state index contributed by atoms with van der Waals surface area (Å²) in [4.78, 5) is 0. The van der Waals surface area contributed by atoms with Crippen molar-refractivity contribution < 1.29 is 0 Å². The lowest BCUT2D eigenvalue weighted by molar-refractivity contribution is 0.231. The molecule has 0 rings (SSSR count). The summed E-state index contributed by atoms with van der Waals surface area (Å²) >= 11 is 5.09. The van der Waals surface area contributed by atoms with Crippen molar-refractivity contribution in [2.45, 2.75) is 52.7 Å². The van der Waals surface area contributed by atoms with Gasteiger partial charge in [-0.3, -0.25) is 0 Å². The van der Waals surface area contributed by atoms with Crippen molar-refractivity contribution in [3.8, 4) is 0 Å². The number of rotatable bonds is 5. The molecule has 1 heteroatoms. The molecule has 0 saturated heterocycles. The van der Waals surface area contributed by atoms with Crippen LogP contribution in [-0.2, 0) is 0 Å². The van der Waals surface area contributed by atoms with E-state index >= 15 is 0 Å². The van der Waals surface area contributed by atoms with Crippen molar-refractivity contribution in [3.05, 3.63) is 49.1 Å². The molecule has 0 aliphatic rings. The summed E-state index contributed by atoms with van der Waals surface area (Å²) < 4.78 is -0.209. The number of allylic oxidation sites excluding steroid dienone is 5. The zero-order chi connectivity index (χ0) is 15.3. The highest BCUT2D eigenvalue weighted by Gasteiger charge is 2.43. The van der Waals surface area contributed by atoms with Crippen LogP contribution >= 0.6 is 12.6 Å². The predicted molar refractivity (Wildman–Crippen MR) is 92.9 cm³/mol. The average Bonchev–Trinajstić information content (AvgIpc) is 2.19. The van der Waals surface area contributed by atoms with Crippen LogP contribution in [0, 0.1) is 10.8 Å². The topological polar surface area (TPSA) is 0 Å². The lowest BCUT2D eigenvalue weighted by Gasteiger charge is -2.46. The van der Waals surface area contributed by atoms with Gasteiger partial charge in [-0.15, -0.1) is 0 Å². The maximum absolute atomic E-state index is 5.09. The zero-order valence-electron chi connectivity index (χ0n) is 13.5. The predicted octanol–water partition coefficient (Wildman–Crippen LogP) is 5.99. The summed E-state index contributed by atoms with van der Waals surface area (Å²) in [5, 5.41) is 0. The molecule has 0 spiro atoms. The third-order valence-electron chi connectivity index (χ3n) is 3.21. The molecule has 0 aromatic carbocycles. The Morgan fingerprint density at radius 1 is 1.00 bits per heavy atom. The normalized spacial score (nSPS) is 17.3. The second-order valence-electron chi connectivity index (χ2n) is 7.30. The molecule has 0 aliphatic carbocycles. The quantitative estimate of drug-likeness (QED) is 0.463. The first-order valence-electron chi connectivity index (χ1n) is 6.82. The summed E-state index contributed by atoms with van der Waals surface area (Å²) in [6.07, 6.45) is 10.7. The third kappa shape index (κ3) is 5.44. The van der Waals surface area contributed by atoms with Crippen molar-refractivity contribution in [2.24, 2.45) is 10.8 Å². The van der Waals surface area contributed by atoms with Crippen molar-refractivity contribution >= 4 is 12.6 Å². The summed E-state index contributed by atoms with van der Waals surface area (Å²) in [7, 11) is 0. The second kappa shape index (κ2) is 6.65. The van der Waals surface area contributed by atoms with E-state index in [1.165, 1.54) is 5.57 Å². The van der Waals surface area contributed by atoms with Gasteiger partial charge in [0.25, 0.3) is 0 Å². The molecule has 0 N–H and O–H groups in total. The van der Waals surface area contributed by atoms with E-state index < -0.39 is 0 Å². The van der Waals surface area contributed by atoms with Gasteiger partial charge in [0, 0.05) is 4.75 Å². The Bertz CT molecular complexity index is 371. The monoisotopic (exact) mass is 278 g/mol. The van der Waals surface area contributed by atoms with Crippen LogP contribution in [-0.4, -0.2) is 4.75 Å². The van der Waals surface area contributed by atoms with Crippen LogP contribution in [0.25, 0.3) is 0 Å². The van der Waals surface area contributed by atoms with Gasteiger partial charge in [-0.05, 0) is 22.8 Å². The molecule has 108 valence electrons. The molecular formula is C18H30S. The smallest absolute Gasteiger partial charge is 0.0431 e. The van der Waals surface area contributed by atoms with Crippen molar-refractivity contribution in [3.63, 3.8) is 0 Å². The summed E-state index contributed by atoms with van der Waals surface area (Å²) in [6, 6.07) is 0. The Morgan fingerprint density at radius 2 is 1.53 bits per heavy atom. The molecule has 0 saturated carbocycles. The fourth-order valence-corrected chi connectivity index (χ4v) is 2.82. The average molecular weight is 279 g/mol. The fraction of sp³-hybridized carbons (Fsp3) is 0.556. The first-order valence-corrected chi connectivity index (χ1v) is 7.27. The van der Waals surface area contributed by atoms with Gasteiger partial charge >= 0.3 is 0 Å². The van der Waals surface area contributed by atoms with Crippen molar-refractivity contribution in [2.75, 3.05) is 0 Å². The molecule has 1 unspecified atom stereocenters. The molecule has 0 fully saturated rings. The molecule has 0 heterocycles. The van der Waals surface area contributed by atoms with E-state index in [1.54, 1.807) is 6.08 Å². The van der Waals surface area contributed by atoms with Crippen LogP contribution < -0.4 is 0 Å². The summed E-state index contributed by atoms with van der Waals surface area (Å²) in [5.74, 6) is 0. The first kappa shape index (κ1) is 18.3. The molecule has 0 bridgehead atoms.